The Bertz CT molecular complexity index is 536. The highest BCUT2D eigenvalue weighted by Crippen LogP contribution is 2.30. The van der Waals surface area contributed by atoms with Gasteiger partial charge in [0.25, 0.3) is 5.91 Å². The molecule has 20 heavy (non-hydrogen) atoms. The van der Waals surface area contributed by atoms with Crippen molar-refractivity contribution in [3.05, 3.63) is 35.1 Å². The second-order valence-corrected chi connectivity index (χ2v) is 4.40. The second-order valence-electron chi connectivity index (χ2n) is 4.40. The summed E-state index contributed by atoms with van der Waals surface area (Å²) in [4.78, 5) is 22.4. The molecule has 0 saturated carbocycles. The smallest absolute Gasteiger partial charge is 0.422 e. The highest BCUT2D eigenvalue weighted by Gasteiger charge is 2.58. The van der Waals surface area contributed by atoms with E-state index < -0.39 is 29.4 Å². The number of carboxylic acids is 1. The Kier molecular flexibility index (Phi) is 4.07. The Morgan fingerprint density at radius 1 is 1.20 bits per heavy atom. The number of aryl methyl sites for hydroxylation is 1. The van der Waals surface area contributed by atoms with Gasteiger partial charge in [-0.05, 0) is 37.6 Å². The quantitative estimate of drug-likeness (QED) is 0.840. The van der Waals surface area contributed by atoms with Crippen LogP contribution in [0.15, 0.2) is 18.2 Å². The number of aliphatic carboxylic acids is 1. The van der Waals surface area contributed by atoms with Gasteiger partial charge in [0.2, 0.25) is 5.54 Å². The van der Waals surface area contributed by atoms with Crippen molar-refractivity contribution in [2.75, 3.05) is 0 Å². The molecular formula is C12H11F4NO3. The molecule has 0 aliphatic heterocycles. The summed E-state index contributed by atoms with van der Waals surface area (Å²) in [5, 5.41) is 10.0. The molecule has 1 rings (SSSR count). The topological polar surface area (TPSA) is 66.4 Å². The largest absolute Gasteiger partial charge is 0.479 e. The van der Waals surface area contributed by atoms with E-state index >= 15 is 0 Å². The van der Waals surface area contributed by atoms with Gasteiger partial charge in [-0.2, -0.15) is 13.2 Å². The van der Waals surface area contributed by atoms with E-state index in [1.54, 1.807) is 0 Å². The molecule has 1 unspecified atom stereocenters. The number of rotatable bonds is 3. The summed E-state index contributed by atoms with van der Waals surface area (Å²) in [6.07, 6.45) is -5.20. The monoisotopic (exact) mass is 293 g/mol. The van der Waals surface area contributed by atoms with E-state index in [0.717, 1.165) is 18.2 Å². The maximum Gasteiger partial charge on any atom is 0.422 e. The number of carbonyl (C=O) groups excluding carboxylic acids is 1. The Morgan fingerprint density at radius 2 is 1.75 bits per heavy atom. The Balaban J connectivity index is 3.13. The number of hydrogen-bond acceptors (Lipinski definition) is 2. The predicted octanol–water partition coefficient (Wildman–Crippen LogP) is 2.27. The molecule has 0 aliphatic rings. The maximum atomic E-state index is 13.1. The molecule has 1 aromatic rings. The summed E-state index contributed by atoms with van der Waals surface area (Å²) in [5.41, 5.74) is -3.52. The highest BCUT2D eigenvalue weighted by atomic mass is 19.4. The molecule has 0 aliphatic carbocycles. The van der Waals surface area contributed by atoms with Gasteiger partial charge >= 0.3 is 12.1 Å². The maximum absolute atomic E-state index is 13.1. The van der Waals surface area contributed by atoms with Gasteiger partial charge in [-0.1, -0.05) is 0 Å². The number of carbonyl (C=O) groups is 2. The van der Waals surface area contributed by atoms with E-state index in [0.29, 0.717) is 12.5 Å². The Hall–Kier alpha value is -2.12. The van der Waals surface area contributed by atoms with Gasteiger partial charge in [-0.25, -0.2) is 9.18 Å². The number of alkyl halides is 3. The van der Waals surface area contributed by atoms with Gasteiger partial charge in [-0.15, -0.1) is 0 Å². The molecule has 0 heterocycles. The molecule has 1 atom stereocenters. The molecule has 1 aromatic carbocycles. The van der Waals surface area contributed by atoms with Crippen molar-refractivity contribution in [2.45, 2.75) is 25.6 Å². The van der Waals surface area contributed by atoms with E-state index in [-0.39, 0.29) is 5.56 Å². The molecule has 0 saturated heterocycles. The first-order valence-corrected chi connectivity index (χ1v) is 5.37. The molecule has 0 radical (unpaired) electrons. The lowest BCUT2D eigenvalue weighted by atomic mass is 10.0. The first-order chi connectivity index (χ1) is 8.97. The van der Waals surface area contributed by atoms with E-state index in [1.165, 1.54) is 12.2 Å². The first kappa shape index (κ1) is 15.9. The molecule has 0 aromatic heterocycles. The molecule has 0 bridgehead atoms. The fourth-order valence-electron chi connectivity index (χ4n) is 1.41. The fraction of sp³-hybridized carbons (Fsp3) is 0.333. The summed E-state index contributed by atoms with van der Waals surface area (Å²) in [5.74, 6) is -4.39. The molecule has 1 amide bonds. The van der Waals surface area contributed by atoms with Gasteiger partial charge in [-0.3, -0.25) is 4.79 Å². The minimum atomic E-state index is -5.20. The number of benzene rings is 1. The van der Waals surface area contributed by atoms with Crippen molar-refractivity contribution >= 4 is 11.9 Å². The normalized spacial score (nSPS) is 14.5. The van der Waals surface area contributed by atoms with E-state index in [1.807, 2.05) is 0 Å². The lowest BCUT2D eigenvalue weighted by Crippen LogP contribution is -2.61. The average Bonchev–Trinajstić information content (AvgIpc) is 2.25. The van der Waals surface area contributed by atoms with Crippen molar-refractivity contribution in [3.63, 3.8) is 0 Å². The summed E-state index contributed by atoms with van der Waals surface area (Å²) in [6, 6.07) is 2.95. The van der Waals surface area contributed by atoms with Gasteiger partial charge in [0.15, 0.2) is 0 Å². The van der Waals surface area contributed by atoms with Crippen molar-refractivity contribution in [3.8, 4) is 0 Å². The predicted molar refractivity (Wildman–Crippen MR) is 60.7 cm³/mol. The van der Waals surface area contributed by atoms with Crippen LogP contribution in [-0.4, -0.2) is 28.7 Å². The van der Waals surface area contributed by atoms with Crippen LogP contribution in [0.2, 0.25) is 0 Å². The highest BCUT2D eigenvalue weighted by molar-refractivity contribution is 5.98. The summed E-state index contributed by atoms with van der Waals surface area (Å²) >= 11 is 0. The molecule has 2 N–H and O–H groups in total. The minimum Gasteiger partial charge on any atom is -0.479 e. The zero-order valence-corrected chi connectivity index (χ0v) is 10.5. The minimum absolute atomic E-state index is 0.319. The average molecular weight is 293 g/mol. The molecule has 4 nitrogen and oxygen atoms in total. The Labute approximate surface area is 111 Å². The molecule has 110 valence electrons. The SMILES string of the molecule is Cc1cc(F)cc(C(=O)NC(C)(C(=O)O)C(F)(F)F)c1. The van der Waals surface area contributed by atoms with Crippen molar-refractivity contribution in [2.24, 2.45) is 0 Å². The van der Waals surface area contributed by atoms with Gasteiger partial charge in [0.1, 0.15) is 5.82 Å². The molecular weight excluding hydrogens is 282 g/mol. The zero-order chi connectivity index (χ0) is 15.7. The summed E-state index contributed by atoms with van der Waals surface area (Å²) in [6.45, 7) is 1.76. The van der Waals surface area contributed by atoms with E-state index in [2.05, 4.69) is 0 Å². The van der Waals surface area contributed by atoms with Crippen molar-refractivity contribution in [1.82, 2.24) is 5.32 Å². The Morgan fingerprint density at radius 3 is 2.15 bits per heavy atom. The third kappa shape index (κ3) is 3.06. The van der Waals surface area contributed by atoms with Crippen LogP contribution in [0.25, 0.3) is 0 Å². The standard InChI is InChI=1S/C12H11F4NO3/c1-6-3-7(5-8(13)4-6)9(18)17-11(2,10(19)20)12(14,15)16/h3-5H,1-2H3,(H,17,18)(H,19,20). The molecule has 0 spiro atoms. The van der Waals surface area contributed by atoms with Gasteiger partial charge in [0.05, 0.1) is 0 Å². The number of amides is 1. The summed E-state index contributed by atoms with van der Waals surface area (Å²) < 4.78 is 51.3. The van der Waals surface area contributed by atoms with Crippen LogP contribution in [0.4, 0.5) is 17.6 Å². The van der Waals surface area contributed by atoms with E-state index in [4.69, 9.17) is 5.11 Å². The molecule has 8 heteroatoms. The van der Waals surface area contributed by atoms with Crippen molar-refractivity contribution < 1.29 is 32.3 Å². The third-order valence-corrected chi connectivity index (χ3v) is 2.66. The third-order valence-electron chi connectivity index (χ3n) is 2.66. The van der Waals surface area contributed by atoms with Crippen molar-refractivity contribution in [1.29, 1.82) is 0 Å². The lowest BCUT2D eigenvalue weighted by molar-refractivity contribution is -0.203. The van der Waals surface area contributed by atoms with Crippen LogP contribution < -0.4 is 5.32 Å². The van der Waals surface area contributed by atoms with Crippen LogP contribution in [0.1, 0.15) is 22.8 Å². The van der Waals surface area contributed by atoms with Gasteiger partial charge in [0, 0.05) is 5.56 Å². The first-order valence-electron chi connectivity index (χ1n) is 5.37. The van der Waals surface area contributed by atoms with Crippen LogP contribution in [0.3, 0.4) is 0 Å². The number of halogens is 4. The lowest BCUT2D eigenvalue weighted by Gasteiger charge is -2.28. The second kappa shape index (κ2) is 5.10. The zero-order valence-electron chi connectivity index (χ0n) is 10.5. The summed E-state index contributed by atoms with van der Waals surface area (Å²) in [7, 11) is 0. The van der Waals surface area contributed by atoms with E-state index in [9.17, 15) is 27.2 Å². The van der Waals surface area contributed by atoms with Crippen LogP contribution in [0.5, 0.6) is 0 Å². The van der Waals surface area contributed by atoms with Crippen LogP contribution in [0, 0.1) is 12.7 Å². The number of nitrogens with one attached hydrogen (secondary N) is 1. The van der Waals surface area contributed by atoms with Gasteiger partial charge < -0.3 is 10.4 Å². The number of hydrogen-bond donors (Lipinski definition) is 2. The fourth-order valence-corrected chi connectivity index (χ4v) is 1.41. The number of carboxylic acid groups (broad SMARTS) is 1. The van der Waals surface area contributed by atoms with Crippen LogP contribution in [-0.2, 0) is 4.79 Å². The van der Waals surface area contributed by atoms with Crippen LogP contribution >= 0.6 is 0 Å². The molecule has 0 fully saturated rings.